The molecule has 21 heavy (non-hydrogen) atoms. The predicted octanol–water partition coefficient (Wildman–Crippen LogP) is 1.87. The van der Waals surface area contributed by atoms with Gasteiger partial charge < -0.3 is 19.3 Å². The zero-order valence-corrected chi connectivity index (χ0v) is 12.7. The molecule has 118 valence electrons. The second-order valence-electron chi connectivity index (χ2n) is 6.05. The van der Waals surface area contributed by atoms with Gasteiger partial charge in [-0.05, 0) is 38.5 Å². The standard InChI is InChI=1S/C15H25N3O3/c1-11(12-2-6-19-7-3-12)16-10-14-17-15(21-18-14)13-4-8-20-9-5-13/h11-13,16H,2-10H2,1H3. The van der Waals surface area contributed by atoms with Gasteiger partial charge in [0.2, 0.25) is 5.89 Å². The van der Waals surface area contributed by atoms with Gasteiger partial charge >= 0.3 is 0 Å². The Morgan fingerprint density at radius 1 is 1.10 bits per heavy atom. The van der Waals surface area contributed by atoms with Gasteiger partial charge in [-0.25, -0.2) is 0 Å². The maximum absolute atomic E-state index is 5.41. The zero-order chi connectivity index (χ0) is 14.5. The lowest BCUT2D eigenvalue weighted by molar-refractivity contribution is 0.0557. The number of nitrogens with zero attached hydrogens (tertiary/aromatic N) is 2. The number of hydrogen-bond acceptors (Lipinski definition) is 6. The zero-order valence-electron chi connectivity index (χ0n) is 12.7. The number of rotatable bonds is 5. The lowest BCUT2D eigenvalue weighted by Gasteiger charge is -2.28. The summed E-state index contributed by atoms with van der Waals surface area (Å²) in [4.78, 5) is 4.53. The fourth-order valence-electron chi connectivity index (χ4n) is 3.08. The molecule has 3 heterocycles. The minimum Gasteiger partial charge on any atom is -0.381 e. The number of aromatic nitrogens is 2. The molecule has 1 aromatic heterocycles. The second kappa shape index (κ2) is 7.33. The van der Waals surface area contributed by atoms with Gasteiger partial charge in [-0.2, -0.15) is 4.98 Å². The molecule has 1 aromatic rings. The van der Waals surface area contributed by atoms with Crippen LogP contribution in [0, 0.1) is 5.92 Å². The van der Waals surface area contributed by atoms with Crippen molar-refractivity contribution in [1.29, 1.82) is 0 Å². The molecule has 0 aliphatic carbocycles. The van der Waals surface area contributed by atoms with Gasteiger partial charge in [-0.1, -0.05) is 5.16 Å². The van der Waals surface area contributed by atoms with E-state index < -0.39 is 0 Å². The molecule has 1 atom stereocenters. The van der Waals surface area contributed by atoms with Gasteiger partial charge in [0.25, 0.3) is 0 Å². The summed E-state index contributed by atoms with van der Waals surface area (Å²) in [6, 6.07) is 0.457. The van der Waals surface area contributed by atoms with Crippen LogP contribution in [0.25, 0.3) is 0 Å². The normalized spacial score (nSPS) is 23.3. The molecule has 2 aliphatic rings. The molecule has 0 radical (unpaired) electrons. The summed E-state index contributed by atoms with van der Waals surface area (Å²) < 4.78 is 16.2. The maximum Gasteiger partial charge on any atom is 0.229 e. The Bertz CT molecular complexity index is 426. The van der Waals surface area contributed by atoms with E-state index in [1.807, 2.05) is 0 Å². The molecule has 3 rings (SSSR count). The molecule has 0 spiro atoms. The Kier molecular flexibility index (Phi) is 5.22. The van der Waals surface area contributed by atoms with Crippen LogP contribution in [0.5, 0.6) is 0 Å². The average molecular weight is 295 g/mol. The van der Waals surface area contributed by atoms with E-state index in [0.717, 1.165) is 63.8 Å². The van der Waals surface area contributed by atoms with Crippen molar-refractivity contribution in [3.63, 3.8) is 0 Å². The van der Waals surface area contributed by atoms with E-state index in [0.29, 0.717) is 24.4 Å². The van der Waals surface area contributed by atoms with Gasteiger partial charge in [0.05, 0.1) is 6.54 Å². The van der Waals surface area contributed by atoms with Crippen molar-refractivity contribution in [1.82, 2.24) is 15.5 Å². The Morgan fingerprint density at radius 3 is 2.48 bits per heavy atom. The first kappa shape index (κ1) is 14.9. The van der Waals surface area contributed by atoms with Crippen LogP contribution in [0.2, 0.25) is 0 Å². The SMILES string of the molecule is CC(NCc1noc(C2CCOCC2)n1)C1CCOCC1. The molecule has 0 bridgehead atoms. The van der Waals surface area contributed by atoms with Crippen LogP contribution in [-0.2, 0) is 16.0 Å². The largest absolute Gasteiger partial charge is 0.381 e. The van der Waals surface area contributed by atoms with E-state index in [1.165, 1.54) is 0 Å². The molecule has 1 unspecified atom stereocenters. The van der Waals surface area contributed by atoms with Gasteiger partial charge in [-0.15, -0.1) is 0 Å². The highest BCUT2D eigenvalue weighted by Crippen LogP contribution is 2.25. The Labute approximate surface area is 125 Å². The predicted molar refractivity (Wildman–Crippen MR) is 76.9 cm³/mol. The van der Waals surface area contributed by atoms with Crippen molar-refractivity contribution in [2.75, 3.05) is 26.4 Å². The van der Waals surface area contributed by atoms with E-state index in [2.05, 4.69) is 22.4 Å². The van der Waals surface area contributed by atoms with Crippen LogP contribution in [-0.4, -0.2) is 42.6 Å². The van der Waals surface area contributed by atoms with Crippen molar-refractivity contribution in [2.24, 2.45) is 5.92 Å². The molecule has 6 heteroatoms. The molecule has 0 saturated carbocycles. The molecular weight excluding hydrogens is 270 g/mol. The van der Waals surface area contributed by atoms with Crippen LogP contribution in [0.1, 0.15) is 50.2 Å². The number of hydrogen-bond donors (Lipinski definition) is 1. The van der Waals surface area contributed by atoms with E-state index >= 15 is 0 Å². The first-order chi connectivity index (χ1) is 10.3. The summed E-state index contributed by atoms with van der Waals surface area (Å²) in [6.07, 6.45) is 4.22. The van der Waals surface area contributed by atoms with E-state index in [9.17, 15) is 0 Å². The summed E-state index contributed by atoms with van der Waals surface area (Å²) in [5.74, 6) is 2.58. The molecule has 0 amide bonds. The van der Waals surface area contributed by atoms with Crippen molar-refractivity contribution in [2.45, 2.75) is 51.1 Å². The Balaban J connectivity index is 1.47. The number of nitrogens with one attached hydrogen (secondary N) is 1. The third kappa shape index (κ3) is 4.02. The maximum atomic E-state index is 5.41. The first-order valence-corrected chi connectivity index (χ1v) is 8.04. The topological polar surface area (TPSA) is 69.4 Å². The van der Waals surface area contributed by atoms with Crippen LogP contribution >= 0.6 is 0 Å². The van der Waals surface area contributed by atoms with Gasteiger partial charge in [0.1, 0.15) is 0 Å². The summed E-state index contributed by atoms with van der Waals surface area (Å²) in [7, 11) is 0. The molecule has 0 aromatic carbocycles. The molecule has 2 fully saturated rings. The van der Waals surface area contributed by atoms with Crippen LogP contribution < -0.4 is 5.32 Å². The van der Waals surface area contributed by atoms with Gasteiger partial charge in [-0.3, -0.25) is 0 Å². The van der Waals surface area contributed by atoms with Crippen molar-refractivity contribution < 1.29 is 14.0 Å². The minimum absolute atomic E-state index is 0.368. The monoisotopic (exact) mass is 295 g/mol. The molecule has 6 nitrogen and oxygen atoms in total. The second-order valence-corrected chi connectivity index (χ2v) is 6.05. The summed E-state index contributed by atoms with van der Waals surface area (Å²) in [5.41, 5.74) is 0. The van der Waals surface area contributed by atoms with Crippen LogP contribution in [0.15, 0.2) is 4.52 Å². The molecule has 2 aliphatic heterocycles. The summed E-state index contributed by atoms with van der Waals surface area (Å²) in [5, 5.41) is 7.61. The van der Waals surface area contributed by atoms with Gasteiger partial charge in [0, 0.05) is 38.4 Å². The van der Waals surface area contributed by atoms with Crippen molar-refractivity contribution in [3.8, 4) is 0 Å². The smallest absolute Gasteiger partial charge is 0.229 e. The van der Waals surface area contributed by atoms with E-state index in [4.69, 9.17) is 14.0 Å². The van der Waals surface area contributed by atoms with Crippen molar-refractivity contribution in [3.05, 3.63) is 11.7 Å². The highest BCUT2D eigenvalue weighted by atomic mass is 16.5. The molecular formula is C15H25N3O3. The Hall–Kier alpha value is -0.980. The quantitative estimate of drug-likeness (QED) is 0.894. The highest BCUT2D eigenvalue weighted by molar-refractivity contribution is 4.95. The fourth-order valence-corrected chi connectivity index (χ4v) is 3.08. The van der Waals surface area contributed by atoms with E-state index in [1.54, 1.807) is 0 Å². The lowest BCUT2D eigenvalue weighted by Crippen LogP contribution is -2.36. The summed E-state index contributed by atoms with van der Waals surface area (Å²) >= 11 is 0. The lowest BCUT2D eigenvalue weighted by atomic mass is 9.93. The average Bonchev–Trinajstić information content (AvgIpc) is 3.03. The number of ether oxygens (including phenoxy) is 2. The minimum atomic E-state index is 0.368. The van der Waals surface area contributed by atoms with Crippen LogP contribution in [0.3, 0.4) is 0 Å². The highest BCUT2D eigenvalue weighted by Gasteiger charge is 2.23. The third-order valence-corrected chi connectivity index (χ3v) is 4.61. The van der Waals surface area contributed by atoms with Gasteiger partial charge in [0.15, 0.2) is 5.82 Å². The first-order valence-electron chi connectivity index (χ1n) is 8.04. The van der Waals surface area contributed by atoms with Crippen LogP contribution in [0.4, 0.5) is 0 Å². The fraction of sp³-hybridized carbons (Fsp3) is 0.867. The van der Waals surface area contributed by atoms with Crippen molar-refractivity contribution >= 4 is 0 Å². The third-order valence-electron chi connectivity index (χ3n) is 4.61. The molecule has 2 saturated heterocycles. The Morgan fingerprint density at radius 2 is 1.76 bits per heavy atom. The van der Waals surface area contributed by atoms with E-state index in [-0.39, 0.29) is 0 Å². The summed E-state index contributed by atoms with van der Waals surface area (Å²) in [6.45, 7) is 6.25. The molecule has 1 N–H and O–H groups in total.